The van der Waals surface area contributed by atoms with Crippen molar-refractivity contribution >= 4 is 39.2 Å². The van der Waals surface area contributed by atoms with Crippen LogP contribution in [0, 0.1) is 6.92 Å². The number of rotatable bonds is 6. The Bertz CT molecular complexity index is 1360. The average Bonchev–Trinajstić information content (AvgIpc) is 3.21. The van der Waals surface area contributed by atoms with Gasteiger partial charge in [0.1, 0.15) is 4.83 Å². The predicted molar refractivity (Wildman–Crippen MR) is 133 cm³/mol. The molecule has 3 aromatic heterocycles. The van der Waals surface area contributed by atoms with Gasteiger partial charge in [-0.3, -0.25) is 19.1 Å². The lowest BCUT2D eigenvalue weighted by atomic mass is 9.97. The van der Waals surface area contributed by atoms with Crippen LogP contribution in [0.25, 0.3) is 15.9 Å². The zero-order valence-corrected chi connectivity index (χ0v) is 20.0. The van der Waals surface area contributed by atoms with Gasteiger partial charge in [-0.25, -0.2) is 4.98 Å². The van der Waals surface area contributed by atoms with E-state index < -0.39 is 0 Å². The number of aromatic nitrogens is 3. The van der Waals surface area contributed by atoms with Gasteiger partial charge in [-0.1, -0.05) is 35.5 Å². The quantitative estimate of drug-likeness (QED) is 0.329. The molecular formula is C25H24N4O2S2. The van der Waals surface area contributed by atoms with Gasteiger partial charge in [0.25, 0.3) is 5.56 Å². The molecule has 0 atom stereocenters. The summed E-state index contributed by atoms with van der Waals surface area (Å²) in [5, 5.41) is 4.19. The van der Waals surface area contributed by atoms with Crippen LogP contribution >= 0.6 is 23.1 Å². The number of hydrogen-bond donors (Lipinski definition) is 1. The van der Waals surface area contributed by atoms with E-state index in [1.54, 1.807) is 22.1 Å². The van der Waals surface area contributed by atoms with Crippen LogP contribution in [0.2, 0.25) is 0 Å². The Morgan fingerprint density at radius 1 is 1.15 bits per heavy atom. The molecule has 6 nitrogen and oxygen atoms in total. The van der Waals surface area contributed by atoms with Crippen molar-refractivity contribution in [2.75, 3.05) is 5.75 Å². The van der Waals surface area contributed by atoms with Crippen molar-refractivity contribution in [3.63, 3.8) is 0 Å². The second kappa shape index (κ2) is 9.49. The fraction of sp³-hybridized carbons (Fsp3) is 0.280. The van der Waals surface area contributed by atoms with E-state index in [4.69, 9.17) is 4.98 Å². The van der Waals surface area contributed by atoms with Crippen molar-refractivity contribution in [3.05, 3.63) is 80.7 Å². The van der Waals surface area contributed by atoms with Crippen LogP contribution < -0.4 is 10.9 Å². The number of benzene rings is 1. The molecule has 168 valence electrons. The molecule has 0 saturated heterocycles. The van der Waals surface area contributed by atoms with Gasteiger partial charge in [0.05, 0.1) is 29.1 Å². The Kier molecular flexibility index (Phi) is 6.28. The third kappa shape index (κ3) is 4.58. The molecule has 5 rings (SSSR count). The molecule has 1 aliphatic carbocycles. The first-order chi connectivity index (χ1) is 16.1. The molecule has 1 N–H and O–H groups in total. The summed E-state index contributed by atoms with van der Waals surface area (Å²) in [5.41, 5.74) is 3.82. The molecule has 0 unspecified atom stereocenters. The van der Waals surface area contributed by atoms with Crippen LogP contribution in [0.5, 0.6) is 0 Å². The van der Waals surface area contributed by atoms with Crippen molar-refractivity contribution in [2.45, 2.75) is 44.3 Å². The first-order valence-electron chi connectivity index (χ1n) is 11.0. The number of hydrogen-bond acceptors (Lipinski definition) is 6. The summed E-state index contributed by atoms with van der Waals surface area (Å²) in [6.45, 7) is 2.39. The third-order valence-corrected chi connectivity index (χ3v) is 7.90. The van der Waals surface area contributed by atoms with Gasteiger partial charge in [0.2, 0.25) is 5.91 Å². The van der Waals surface area contributed by atoms with Gasteiger partial charge in [0, 0.05) is 11.1 Å². The third-order valence-electron chi connectivity index (χ3n) is 5.78. The number of nitrogens with one attached hydrogen (secondary N) is 1. The molecule has 1 aliphatic rings. The molecular weight excluding hydrogens is 452 g/mol. The zero-order valence-electron chi connectivity index (χ0n) is 18.3. The Balaban J connectivity index is 1.47. The number of nitrogens with zero attached hydrogens (tertiary/aromatic N) is 3. The molecule has 0 aliphatic heterocycles. The molecule has 1 aromatic carbocycles. The highest BCUT2D eigenvalue weighted by molar-refractivity contribution is 7.99. The van der Waals surface area contributed by atoms with E-state index in [1.807, 2.05) is 49.4 Å². The maximum atomic E-state index is 13.7. The predicted octanol–water partition coefficient (Wildman–Crippen LogP) is 4.44. The van der Waals surface area contributed by atoms with Crippen molar-refractivity contribution in [2.24, 2.45) is 0 Å². The summed E-state index contributed by atoms with van der Waals surface area (Å²) in [4.78, 5) is 37.4. The standard InChI is InChI=1S/C25H24N4O2S2/c1-16-9-11-18(12-10-16)29-24(31)22-19-7-2-3-8-20(19)33-23(22)28-25(29)32-15-21(30)27-14-17-6-4-5-13-26-17/h4-6,9-13H,2-3,7-8,14-15H2,1H3,(H,27,30). The van der Waals surface area contributed by atoms with Gasteiger partial charge in [-0.15, -0.1) is 11.3 Å². The monoisotopic (exact) mass is 476 g/mol. The van der Waals surface area contributed by atoms with E-state index in [1.165, 1.54) is 22.2 Å². The number of aryl methyl sites for hydroxylation is 3. The number of carbonyl (C=O) groups is 1. The summed E-state index contributed by atoms with van der Waals surface area (Å²) in [7, 11) is 0. The zero-order chi connectivity index (χ0) is 22.8. The van der Waals surface area contributed by atoms with Crippen LogP contribution in [0.4, 0.5) is 0 Å². The molecule has 4 aromatic rings. The van der Waals surface area contributed by atoms with Gasteiger partial charge in [-0.05, 0) is 62.4 Å². The van der Waals surface area contributed by atoms with Crippen molar-refractivity contribution in [3.8, 4) is 5.69 Å². The highest BCUT2D eigenvalue weighted by Crippen LogP contribution is 2.35. The lowest BCUT2D eigenvalue weighted by Crippen LogP contribution is -2.26. The maximum absolute atomic E-state index is 13.7. The molecule has 0 spiro atoms. The van der Waals surface area contributed by atoms with Crippen LogP contribution in [0.15, 0.2) is 58.6 Å². The minimum Gasteiger partial charge on any atom is -0.350 e. The summed E-state index contributed by atoms with van der Waals surface area (Å²) in [5.74, 6) is 0.0442. The lowest BCUT2D eigenvalue weighted by Gasteiger charge is -2.14. The number of thiophene rings is 1. The van der Waals surface area contributed by atoms with Gasteiger partial charge in [0.15, 0.2) is 5.16 Å². The molecule has 1 amide bonds. The van der Waals surface area contributed by atoms with Crippen LogP contribution in [0.3, 0.4) is 0 Å². The average molecular weight is 477 g/mol. The first kappa shape index (κ1) is 21.9. The normalized spacial score (nSPS) is 13.1. The van der Waals surface area contributed by atoms with E-state index in [2.05, 4.69) is 10.3 Å². The molecule has 0 saturated carbocycles. The fourth-order valence-corrected chi connectivity index (χ4v) is 6.22. The molecule has 0 radical (unpaired) electrons. The SMILES string of the molecule is Cc1ccc(-n2c(SCC(=O)NCc3ccccn3)nc3sc4c(c3c2=O)CCCC4)cc1. The minimum atomic E-state index is -0.124. The smallest absolute Gasteiger partial charge is 0.267 e. The van der Waals surface area contributed by atoms with Crippen molar-refractivity contribution in [1.82, 2.24) is 19.9 Å². The lowest BCUT2D eigenvalue weighted by molar-refractivity contribution is -0.118. The van der Waals surface area contributed by atoms with Crippen molar-refractivity contribution in [1.29, 1.82) is 0 Å². The van der Waals surface area contributed by atoms with Gasteiger partial charge in [-0.2, -0.15) is 0 Å². The number of pyridine rings is 1. The summed E-state index contributed by atoms with van der Waals surface area (Å²) < 4.78 is 1.67. The summed E-state index contributed by atoms with van der Waals surface area (Å²) in [6.07, 6.45) is 5.91. The van der Waals surface area contributed by atoms with Crippen LogP contribution in [-0.4, -0.2) is 26.2 Å². The number of carbonyl (C=O) groups excluding carboxylic acids is 1. The Morgan fingerprint density at radius 2 is 1.97 bits per heavy atom. The maximum Gasteiger partial charge on any atom is 0.267 e. The van der Waals surface area contributed by atoms with Gasteiger partial charge < -0.3 is 5.32 Å². The molecule has 3 heterocycles. The van der Waals surface area contributed by atoms with E-state index in [0.717, 1.165) is 52.8 Å². The van der Waals surface area contributed by atoms with E-state index in [0.29, 0.717) is 11.7 Å². The molecule has 0 bridgehead atoms. The van der Waals surface area contributed by atoms with Crippen LogP contribution in [-0.2, 0) is 24.2 Å². The highest BCUT2D eigenvalue weighted by atomic mass is 32.2. The van der Waals surface area contributed by atoms with E-state index in [9.17, 15) is 9.59 Å². The number of fused-ring (bicyclic) bond motifs is 3. The summed E-state index contributed by atoms with van der Waals surface area (Å²) in [6, 6.07) is 13.5. The van der Waals surface area contributed by atoms with Gasteiger partial charge >= 0.3 is 0 Å². The number of amides is 1. The van der Waals surface area contributed by atoms with Crippen molar-refractivity contribution < 1.29 is 4.79 Å². The Hall–Kier alpha value is -2.97. The van der Waals surface area contributed by atoms with Crippen LogP contribution in [0.1, 0.15) is 34.5 Å². The molecule has 0 fully saturated rings. The Morgan fingerprint density at radius 3 is 2.76 bits per heavy atom. The number of thioether (sulfide) groups is 1. The summed E-state index contributed by atoms with van der Waals surface area (Å²) >= 11 is 2.92. The second-order valence-corrected chi connectivity index (χ2v) is 10.2. The molecule has 33 heavy (non-hydrogen) atoms. The van der Waals surface area contributed by atoms with E-state index >= 15 is 0 Å². The topological polar surface area (TPSA) is 76.9 Å². The Labute approximate surface area is 200 Å². The minimum absolute atomic E-state index is 0.0420. The van der Waals surface area contributed by atoms with E-state index in [-0.39, 0.29) is 17.2 Å². The molecule has 8 heteroatoms. The fourth-order valence-electron chi connectivity index (χ4n) is 4.08. The highest BCUT2D eigenvalue weighted by Gasteiger charge is 2.23. The first-order valence-corrected chi connectivity index (χ1v) is 12.8. The second-order valence-electron chi connectivity index (χ2n) is 8.15. The largest absolute Gasteiger partial charge is 0.350 e.